The van der Waals surface area contributed by atoms with Crippen molar-refractivity contribution in [2.45, 2.75) is 51.2 Å². The lowest BCUT2D eigenvalue weighted by Crippen LogP contribution is -2.45. The van der Waals surface area contributed by atoms with E-state index in [4.69, 9.17) is 4.74 Å². The molecular formula is C16H31N5O2. The quantitative estimate of drug-likeness (QED) is 0.331. The number of carbonyl (C=O) groups excluding carboxylic acids is 1. The minimum Gasteiger partial charge on any atom is -0.383 e. The van der Waals surface area contributed by atoms with E-state index in [-0.39, 0.29) is 12.5 Å². The predicted molar refractivity (Wildman–Crippen MR) is 91.6 cm³/mol. The molecule has 0 bridgehead atoms. The average molecular weight is 325 g/mol. The van der Waals surface area contributed by atoms with Gasteiger partial charge in [0.15, 0.2) is 5.96 Å². The zero-order valence-corrected chi connectivity index (χ0v) is 14.6. The van der Waals surface area contributed by atoms with E-state index < -0.39 is 0 Å². The molecule has 2 aliphatic rings. The van der Waals surface area contributed by atoms with Gasteiger partial charge in [-0.15, -0.1) is 0 Å². The summed E-state index contributed by atoms with van der Waals surface area (Å²) in [5.74, 6) is 0.642. The zero-order chi connectivity index (χ0) is 16.7. The maximum Gasteiger partial charge on any atom is 0.241 e. The average Bonchev–Trinajstić information content (AvgIpc) is 3.29. The second kappa shape index (κ2) is 9.08. The highest BCUT2D eigenvalue weighted by atomic mass is 16.5. The number of carbonyl (C=O) groups is 1. The van der Waals surface area contributed by atoms with Gasteiger partial charge in [-0.2, -0.15) is 0 Å². The van der Waals surface area contributed by atoms with E-state index >= 15 is 0 Å². The van der Waals surface area contributed by atoms with E-state index in [9.17, 15) is 4.79 Å². The number of hydrogen-bond acceptors (Lipinski definition) is 4. The van der Waals surface area contributed by atoms with Crippen LogP contribution in [-0.2, 0) is 9.53 Å². The molecule has 0 spiro atoms. The van der Waals surface area contributed by atoms with Gasteiger partial charge < -0.3 is 20.7 Å². The minimum absolute atomic E-state index is 0.0846. The summed E-state index contributed by atoms with van der Waals surface area (Å²) in [6.07, 6.45) is 3.81. The van der Waals surface area contributed by atoms with Crippen LogP contribution < -0.4 is 16.0 Å². The molecule has 0 aromatic rings. The molecule has 1 aliphatic carbocycles. The first kappa shape index (κ1) is 18.0. The minimum atomic E-state index is -0.0846. The topological polar surface area (TPSA) is 78.0 Å². The summed E-state index contributed by atoms with van der Waals surface area (Å²) in [4.78, 5) is 18.7. The standard InChI is InChI=1S/C16H31N5O2/c1-4-17-16(19-10-15(22)18-7-8-23-3)20-13-9-12(2)21(11-13)14-5-6-14/h12-14H,4-11H2,1-3H3,(H,18,22)(H2,17,19,20). The lowest BCUT2D eigenvalue weighted by atomic mass is 10.2. The molecule has 2 unspecified atom stereocenters. The fourth-order valence-corrected chi connectivity index (χ4v) is 3.09. The summed E-state index contributed by atoms with van der Waals surface area (Å²) in [6, 6.07) is 1.82. The van der Waals surface area contributed by atoms with Crippen LogP contribution in [0.25, 0.3) is 0 Å². The van der Waals surface area contributed by atoms with Gasteiger partial charge in [0.1, 0.15) is 6.54 Å². The summed E-state index contributed by atoms with van der Waals surface area (Å²) in [6.45, 7) is 7.35. The molecular weight excluding hydrogens is 294 g/mol. The van der Waals surface area contributed by atoms with Crippen LogP contribution in [0.15, 0.2) is 4.99 Å². The third kappa shape index (κ3) is 5.99. The normalized spacial score (nSPS) is 25.4. The monoisotopic (exact) mass is 325 g/mol. The van der Waals surface area contributed by atoms with E-state index in [2.05, 4.69) is 32.8 Å². The van der Waals surface area contributed by atoms with Crippen LogP contribution in [0.3, 0.4) is 0 Å². The summed E-state index contributed by atoms with van der Waals surface area (Å²) < 4.78 is 4.91. The lowest BCUT2D eigenvalue weighted by molar-refractivity contribution is -0.119. The number of guanidine groups is 1. The van der Waals surface area contributed by atoms with E-state index in [0.717, 1.165) is 31.5 Å². The van der Waals surface area contributed by atoms with Crippen molar-refractivity contribution >= 4 is 11.9 Å². The van der Waals surface area contributed by atoms with Gasteiger partial charge in [0, 0.05) is 44.9 Å². The van der Waals surface area contributed by atoms with Gasteiger partial charge in [-0.05, 0) is 33.1 Å². The molecule has 1 aliphatic heterocycles. The van der Waals surface area contributed by atoms with Crippen molar-refractivity contribution in [2.24, 2.45) is 4.99 Å². The second-order valence-corrected chi connectivity index (χ2v) is 6.39. The number of hydrogen-bond donors (Lipinski definition) is 3. The Labute approximate surface area is 139 Å². The molecule has 1 heterocycles. The van der Waals surface area contributed by atoms with E-state index in [0.29, 0.717) is 25.2 Å². The van der Waals surface area contributed by atoms with Crippen LogP contribution in [0.2, 0.25) is 0 Å². The van der Waals surface area contributed by atoms with Crippen LogP contribution in [0.5, 0.6) is 0 Å². The molecule has 132 valence electrons. The number of amides is 1. The van der Waals surface area contributed by atoms with Gasteiger partial charge in [-0.25, -0.2) is 4.99 Å². The van der Waals surface area contributed by atoms with Gasteiger partial charge >= 0.3 is 0 Å². The van der Waals surface area contributed by atoms with Crippen molar-refractivity contribution in [3.05, 3.63) is 0 Å². The maximum absolute atomic E-state index is 11.7. The Balaban J connectivity index is 1.78. The molecule has 1 amide bonds. The first-order valence-electron chi connectivity index (χ1n) is 8.70. The number of nitrogens with zero attached hydrogens (tertiary/aromatic N) is 2. The first-order valence-corrected chi connectivity index (χ1v) is 8.70. The summed E-state index contributed by atoms with van der Waals surface area (Å²) >= 11 is 0. The fraction of sp³-hybridized carbons (Fsp3) is 0.875. The molecule has 0 aromatic heterocycles. The number of ether oxygens (including phenoxy) is 1. The highest BCUT2D eigenvalue weighted by Gasteiger charge is 2.38. The smallest absolute Gasteiger partial charge is 0.241 e. The Hall–Kier alpha value is -1.34. The number of methoxy groups -OCH3 is 1. The Morgan fingerprint density at radius 3 is 2.78 bits per heavy atom. The lowest BCUT2D eigenvalue weighted by Gasteiger charge is -2.20. The molecule has 0 aromatic carbocycles. The molecule has 2 fully saturated rings. The van der Waals surface area contributed by atoms with Crippen molar-refractivity contribution in [2.75, 3.05) is 39.9 Å². The predicted octanol–water partition coefficient (Wildman–Crippen LogP) is -0.0707. The SMILES string of the molecule is CCNC(=NCC(=O)NCCOC)NC1CC(C)N(C2CC2)C1. The number of likely N-dealkylation sites (tertiary alicyclic amines) is 1. The maximum atomic E-state index is 11.7. The Bertz CT molecular complexity index is 411. The number of rotatable bonds is 8. The largest absolute Gasteiger partial charge is 0.383 e. The van der Waals surface area contributed by atoms with E-state index in [1.54, 1.807) is 7.11 Å². The van der Waals surface area contributed by atoms with Gasteiger partial charge in [0.2, 0.25) is 5.91 Å². The van der Waals surface area contributed by atoms with Gasteiger partial charge in [0.05, 0.1) is 6.61 Å². The Morgan fingerprint density at radius 1 is 1.35 bits per heavy atom. The molecule has 7 nitrogen and oxygen atoms in total. The Kier molecular flexibility index (Phi) is 7.11. The van der Waals surface area contributed by atoms with Gasteiger partial charge in [0.25, 0.3) is 0 Å². The molecule has 2 atom stereocenters. The van der Waals surface area contributed by atoms with E-state index in [1.807, 2.05) is 6.92 Å². The highest BCUT2D eigenvalue weighted by Crippen LogP contribution is 2.33. The number of nitrogens with one attached hydrogen (secondary N) is 3. The molecule has 23 heavy (non-hydrogen) atoms. The molecule has 3 N–H and O–H groups in total. The molecule has 2 rings (SSSR count). The Morgan fingerprint density at radius 2 is 2.13 bits per heavy atom. The van der Waals surface area contributed by atoms with Gasteiger partial charge in [-0.1, -0.05) is 0 Å². The highest BCUT2D eigenvalue weighted by molar-refractivity contribution is 5.85. The first-order chi connectivity index (χ1) is 11.1. The van der Waals surface area contributed by atoms with Crippen molar-refractivity contribution in [1.82, 2.24) is 20.9 Å². The van der Waals surface area contributed by atoms with E-state index in [1.165, 1.54) is 12.8 Å². The summed E-state index contributed by atoms with van der Waals surface area (Å²) in [7, 11) is 1.62. The van der Waals surface area contributed by atoms with Crippen molar-refractivity contribution < 1.29 is 9.53 Å². The van der Waals surface area contributed by atoms with Crippen LogP contribution >= 0.6 is 0 Å². The van der Waals surface area contributed by atoms with Crippen LogP contribution in [-0.4, -0.2) is 74.8 Å². The van der Waals surface area contributed by atoms with Crippen LogP contribution in [0.1, 0.15) is 33.1 Å². The fourth-order valence-electron chi connectivity index (χ4n) is 3.09. The van der Waals surface area contributed by atoms with Crippen LogP contribution in [0, 0.1) is 0 Å². The molecule has 0 radical (unpaired) electrons. The summed E-state index contributed by atoms with van der Waals surface area (Å²) in [5.41, 5.74) is 0. The summed E-state index contributed by atoms with van der Waals surface area (Å²) in [5, 5.41) is 9.47. The third-order valence-corrected chi connectivity index (χ3v) is 4.33. The van der Waals surface area contributed by atoms with Crippen LogP contribution in [0.4, 0.5) is 0 Å². The number of aliphatic imine (C=N–C) groups is 1. The van der Waals surface area contributed by atoms with Crippen molar-refractivity contribution in [3.8, 4) is 0 Å². The van der Waals surface area contributed by atoms with Gasteiger partial charge in [-0.3, -0.25) is 9.69 Å². The third-order valence-electron chi connectivity index (χ3n) is 4.33. The second-order valence-electron chi connectivity index (χ2n) is 6.39. The van der Waals surface area contributed by atoms with Crippen molar-refractivity contribution in [3.63, 3.8) is 0 Å². The molecule has 7 heteroatoms. The zero-order valence-electron chi connectivity index (χ0n) is 14.6. The molecule has 1 saturated heterocycles. The van der Waals surface area contributed by atoms with Crippen molar-refractivity contribution in [1.29, 1.82) is 0 Å². The molecule has 1 saturated carbocycles.